The smallest absolute Gasteiger partial charge is 0.282 e. The zero-order valence-corrected chi connectivity index (χ0v) is 11.2. The van der Waals surface area contributed by atoms with Gasteiger partial charge in [-0.05, 0) is 40.8 Å². The Hall–Kier alpha value is -1.39. The first kappa shape index (κ1) is 13.1. The van der Waals surface area contributed by atoms with Gasteiger partial charge < -0.3 is 0 Å². The maximum absolute atomic E-state index is 11.1. The average molecular weight is 264 g/mol. The summed E-state index contributed by atoms with van der Waals surface area (Å²) in [6, 6.07) is 10.6. The summed E-state index contributed by atoms with van der Waals surface area (Å²) >= 11 is 0. The largest absolute Gasteiger partial charge is 0.294 e. The van der Waals surface area contributed by atoms with Gasteiger partial charge >= 0.3 is 0 Å². The average Bonchev–Trinajstić information content (AvgIpc) is 2.26. The molecule has 0 saturated carbocycles. The Kier molecular flexibility index (Phi) is 3.41. The topological polar surface area (TPSA) is 54.4 Å². The minimum Gasteiger partial charge on any atom is -0.282 e. The summed E-state index contributed by atoms with van der Waals surface area (Å²) in [6.07, 6.45) is 0.950. The molecule has 1 N–H and O–H groups in total. The molecule has 0 fully saturated rings. The van der Waals surface area contributed by atoms with E-state index in [1.54, 1.807) is 6.07 Å². The fraction of sp³-hybridized carbons (Fsp3) is 0.286. The Labute approximate surface area is 107 Å². The van der Waals surface area contributed by atoms with Crippen molar-refractivity contribution >= 4 is 20.9 Å². The van der Waals surface area contributed by atoms with Gasteiger partial charge in [0.25, 0.3) is 10.1 Å². The highest BCUT2D eigenvalue weighted by atomic mass is 32.2. The van der Waals surface area contributed by atoms with Crippen molar-refractivity contribution in [2.45, 2.75) is 25.2 Å². The molecule has 0 spiro atoms. The van der Waals surface area contributed by atoms with Crippen LogP contribution in [0.5, 0.6) is 0 Å². The van der Waals surface area contributed by atoms with E-state index in [0.29, 0.717) is 5.92 Å². The minimum atomic E-state index is -4.13. The lowest BCUT2D eigenvalue weighted by atomic mass is 10.00. The third-order valence-corrected chi connectivity index (χ3v) is 3.67. The molecular formula is C14H16O3S. The van der Waals surface area contributed by atoms with E-state index < -0.39 is 10.1 Å². The lowest BCUT2D eigenvalue weighted by Crippen LogP contribution is -1.98. The predicted octanol–water partition coefficient (Wildman–Crippen LogP) is 3.29. The first-order valence-corrected chi connectivity index (χ1v) is 7.30. The van der Waals surface area contributed by atoms with Gasteiger partial charge in [0.2, 0.25) is 0 Å². The van der Waals surface area contributed by atoms with Crippen molar-refractivity contribution < 1.29 is 13.0 Å². The van der Waals surface area contributed by atoms with Gasteiger partial charge in [-0.2, -0.15) is 8.42 Å². The van der Waals surface area contributed by atoms with E-state index in [9.17, 15) is 8.42 Å². The standard InChI is InChI=1S/C14H16O3S/c1-10(2)7-11-3-4-12-5-6-14(18(15,16)17)9-13(12)8-11/h3-6,8-10H,7H2,1-2H3,(H,15,16,17). The molecule has 0 aliphatic heterocycles. The summed E-state index contributed by atoms with van der Waals surface area (Å²) < 4.78 is 31.2. The van der Waals surface area contributed by atoms with Gasteiger partial charge in [0.05, 0.1) is 4.90 Å². The minimum absolute atomic E-state index is 0.0586. The highest BCUT2D eigenvalue weighted by Crippen LogP contribution is 2.21. The van der Waals surface area contributed by atoms with Crippen molar-refractivity contribution in [2.24, 2.45) is 5.92 Å². The molecule has 18 heavy (non-hydrogen) atoms. The third-order valence-electron chi connectivity index (χ3n) is 2.82. The van der Waals surface area contributed by atoms with Crippen LogP contribution in [0.25, 0.3) is 10.8 Å². The molecule has 0 amide bonds. The van der Waals surface area contributed by atoms with Crippen molar-refractivity contribution in [3.63, 3.8) is 0 Å². The SMILES string of the molecule is CC(C)Cc1ccc2ccc(S(=O)(=O)O)cc2c1. The molecule has 0 atom stereocenters. The molecule has 0 saturated heterocycles. The zero-order chi connectivity index (χ0) is 13.3. The first-order valence-electron chi connectivity index (χ1n) is 5.86. The summed E-state index contributed by atoms with van der Waals surface area (Å²) in [7, 11) is -4.13. The Bertz CT molecular complexity index is 672. The molecule has 0 unspecified atom stereocenters. The molecule has 0 aliphatic carbocycles. The van der Waals surface area contributed by atoms with Crippen LogP contribution in [0.2, 0.25) is 0 Å². The molecule has 0 heterocycles. The highest BCUT2D eigenvalue weighted by Gasteiger charge is 2.10. The Morgan fingerprint density at radius 2 is 1.72 bits per heavy atom. The summed E-state index contributed by atoms with van der Waals surface area (Å²) in [6.45, 7) is 4.28. The van der Waals surface area contributed by atoms with Crippen molar-refractivity contribution in [3.8, 4) is 0 Å². The quantitative estimate of drug-likeness (QED) is 0.865. The van der Waals surface area contributed by atoms with Crippen molar-refractivity contribution in [1.29, 1.82) is 0 Å². The van der Waals surface area contributed by atoms with Gasteiger partial charge in [-0.3, -0.25) is 4.55 Å². The molecule has 96 valence electrons. The van der Waals surface area contributed by atoms with Gasteiger partial charge in [0, 0.05) is 0 Å². The molecular weight excluding hydrogens is 248 g/mol. The van der Waals surface area contributed by atoms with Crippen LogP contribution in [-0.4, -0.2) is 13.0 Å². The maximum Gasteiger partial charge on any atom is 0.294 e. The zero-order valence-electron chi connectivity index (χ0n) is 10.4. The number of benzene rings is 2. The normalized spacial score (nSPS) is 12.2. The van der Waals surface area contributed by atoms with Gasteiger partial charge in [-0.25, -0.2) is 0 Å². The first-order chi connectivity index (χ1) is 8.36. The maximum atomic E-state index is 11.1. The van der Waals surface area contributed by atoms with Gasteiger partial charge in [0.15, 0.2) is 0 Å². The van der Waals surface area contributed by atoms with E-state index >= 15 is 0 Å². The Balaban J connectivity index is 2.53. The van der Waals surface area contributed by atoms with Crippen molar-refractivity contribution in [1.82, 2.24) is 0 Å². The Morgan fingerprint density at radius 3 is 2.33 bits per heavy atom. The lowest BCUT2D eigenvalue weighted by molar-refractivity contribution is 0.483. The van der Waals surface area contributed by atoms with Crippen molar-refractivity contribution in [2.75, 3.05) is 0 Å². The second kappa shape index (κ2) is 4.71. The highest BCUT2D eigenvalue weighted by molar-refractivity contribution is 7.85. The van der Waals surface area contributed by atoms with Gasteiger partial charge in [-0.1, -0.05) is 38.1 Å². The molecule has 0 bridgehead atoms. The van der Waals surface area contributed by atoms with Crippen LogP contribution in [0.3, 0.4) is 0 Å². The number of fused-ring (bicyclic) bond motifs is 1. The van der Waals surface area contributed by atoms with Crippen LogP contribution in [0.1, 0.15) is 19.4 Å². The molecule has 3 nitrogen and oxygen atoms in total. The summed E-state index contributed by atoms with van der Waals surface area (Å²) in [5.74, 6) is 0.548. The van der Waals surface area contributed by atoms with E-state index in [2.05, 4.69) is 19.9 Å². The second-order valence-corrected chi connectivity index (χ2v) is 6.34. The van der Waals surface area contributed by atoms with Gasteiger partial charge in [0.1, 0.15) is 0 Å². The molecule has 4 heteroatoms. The summed E-state index contributed by atoms with van der Waals surface area (Å²) in [5.41, 5.74) is 1.17. The predicted molar refractivity (Wildman–Crippen MR) is 72.3 cm³/mol. The second-order valence-electron chi connectivity index (χ2n) is 4.92. The molecule has 0 aliphatic rings. The molecule has 2 aromatic rings. The number of hydrogen-bond donors (Lipinski definition) is 1. The van der Waals surface area contributed by atoms with E-state index in [4.69, 9.17) is 4.55 Å². The van der Waals surface area contributed by atoms with Crippen LogP contribution in [-0.2, 0) is 16.5 Å². The molecule has 0 aromatic heterocycles. The van der Waals surface area contributed by atoms with E-state index in [0.717, 1.165) is 17.2 Å². The van der Waals surface area contributed by atoms with Crippen LogP contribution in [0.15, 0.2) is 41.3 Å². The summed E-state index contributed by atoms with van der Waals surface area (Å²) in [5, 5.41) is 1.80. The van der Waals surface area contributed by atoms with Crippen LogP contribution >= 0.6 is 0 Å². The van der Waals surface area contributed by atoms with E-state index in [-0.39, 0.29) is 4.90 Å². The monoisotopic (exact) mass is 264 g/mol. The van der Waals surface area contributed by atoms with Crippen LogP contribution in [0.4, 0.5) is 0 Å². The van der Waals surface area contributed by atoms with Crippen molar-refractivity contribution in [3.05, 3.63) is 42.0 Å². The Morgan fingerprint density at radius 1 is 1.06 bits per heavy atom. The van der Waals surface area contributed by atoms with Crippen LogP contribution in [0, 0.1) is 5.92 Å². The fourth-order valence-corrected chi connectivity index (χ4v) is 2.55. The number of hydrogen-bond acceptors (Lipinski definition) is 2. The molecule has 0 radical (unpaired) electrons. The van der Waals surface area contributed by atoms with Crippen LogP contribution < -0.4 is 0 Å². The van der Waals surface area contributed by atoms with E-state index in [1.165, 1.54) is 17.7 Å². The third kappa shape index (κ3) is 2.89. The molecule has 2 aromatic carbocycles. The lowest BCUT2D eigenvalue weighted by Gasteiger charge is -2.07. The number of rotatable bonds is 3. The fourth-order valence-electron chi connectivity index (χ4n) is 2.03. The van der Waals surface area contributed by atoms with Gasteiger partial charge in [-0.15, -0.1) is 0 Å². The summed E-state index contributed by atoms with van der Waals surface area (Å²) in [4.78, 5) is -0.0586. The molecule has 2 rings (SSSR count). The van der Waals surface area contributed by atoms with E-state index in [1.807, 2.05) is 12.1 Å².